The van der Waals surface area contributed by atoms with Gasteiger partial charge in [0.2, 0.25) is 0 Å². The zero-order valence-electron chi connectivity index (χ0n) is 12.0. The van der Waals surface area contributed by atoms with Crippen LogP contribution in [0.25, 0.3) is 0 Å². The monoisotopic (exact) mass is 280 g/mol. The summed E-state index contributed by atoms with van der Waals surface area (Å²) in [4.78, 5) is 2.21. The van der Waals surface area contributed by atoms with Crippen LogP contribution in [0.2, 0.25) is 0 Å². The number of aliphatic hydroxyl groups excluding tert-OH is 1. The molecular weight excluding hydrogens is 255 g/mol. The average Bonchev–Trinajstić information content (AvgIpc) is 2.50. The summed E-state index contributed by atoms with van der Waals surface area (Å²) in [5, 5.41) is 9.35. The van der Waals surface area contributed by atoms with E-state index in [4.69, 9.17) is 5.73 Å². The molecule has 1 saturated carbocycles. The third-order valence-electron chi connectivity index (χ3n) is 4.29. The minimum absolute atomic E-state index is 0.0848. The van der Waals surface area contributed by atoms with Gasteiger partial charge in [0, 0.05) is 24.7 Å². The molecule has 20 heavy (non-hydrogen) atoms. The lowest BCUT2D eigenvalue weighted by atomic mass is 9.91. The summed E-state index contributed by atoms with van der Waals surface area (Å²) in [5.41, 5.74) is 6.57. The van der Waals surface area contributed by atoms with Gasteiger partial charge in [0.05, 0.1) is 12.6 Å². The zero-order valence-corrected chi connectivity index (χ0v) is 12.0. The fraction of sp³-hybridized carbons (Fsp3) is 0.625. The van der Waals surface area contributed by atoms with Gasteiger partial charge in [-0.1, -0.05) is 37.5 Å². The van der Waals surface area contributed by atoms with Crippen LogP contribution in [0.1, 0.15) is 43.7 Å². The van der Waals surface area contributed by atoms with Crippen LogP contribution in [0.5, 0.6) is 0 Å². The molecule has 1 unspecified atom stereocenters. The molecule has 2 rings (SSSR count). The topological polar surface area (TPSA) is 49.5 Å². The second-order valence-electron chi connectivity index (χ2n) is 5.53. The smallest absolute Gasteiger partial charge is 0.128 e. The lowest BCUT2D eigenvalue weighted by Crippen LogP contribution is -2.44. The van der Waals surface area contributed by atoms with Crippen LogP contribution in [-0.4, -0.2) is 35.7 Å². The molecule has 0 bridgehead atoms. The molecule has 112 valence electrons. The molecule has 0 amide bonds. The molecule has 0 aromatic heterocycles. The Morgan fingerprint density at radius 2 is 1.95 bits per heavy atom. The SMILES string of the molecule is NCC(c1ccccc1F)N(CCO)C1CCCCC1. The van der Waals surface area contributed by atoms with Gasteiger partial charge in [-0.25, -0.2) is 4.39 Å². The molecule has 1 aliphatic carbocycles. The number of aliphatic hydroxyl groups is 1. The number of hydrogen-bond acceptors (Lipinski definition) is 3. The quantitative estimate of drug-likeness (QED) is 0.841. The summed E-state index contributed by atoms with van der Waals surface area (Å²) in [5.74, 6) is -0.207. The van der Waals surface area contributed by atoms with Gasteiger partial charge in [-0.15, -0.1) is 0 Å². The molecule has 3 nitrogen and oxygen atoms in total. The lowest BCUT2D eigenvalue weighted by molar-refractivity contribution is 0.0814. The molecule has 1 aromatic carbocycles. The maximum absolute atomic E-state index is 14.0. The third kappa shape index (κ3) is 3.57. The van der Waals surface area contributed by atoms with E-state index in [0.717, 1.165) is 12.8 Å². The Hall–Kier alpha value is -0.970. The zero-order chi connectivity index (χ0) is 14.4. The predicted octanol–water partition coefficient (Wildman–Crippen LogP) is 2.45. The molecule has 3 N–H and O–H groups in total. The second-order valence-corrected chi connectivity index (χ2v) is 5.53. The van der Waals surface area contributed by atoms with E-state index in [0.29, 0.717) is 24.7 Å². The highest BCUT2D eigenvalue weighted by molar-refractivity contribution is 5.22. The van der Waals surface area contributed by atoms with Crippen LogP contribution in [0.3, 0.4) is 0 Å². The van der Waals surface area contributed by atoms with Crippen LogP contribution >= 0.6 is 0 Å². The average molecular weight is 280 g/mol. The van der Waals surface area contributed by atoms with Crippen molar-refractivity contribution < 1.29 is 9.50 Å². The molecule has 0 aliphatic heterocycles. The summed E-state index contributed by atoms with van der Waals surface area (Å²) in [6, 6.07) is 7.09. The minimum atomic E-state index is -0.207. The standard InChI is InChI=1S/C16H25FN2O/c17-15-9-5-4-8-14(15)16(12-18)19(10-11-20)13-6-2-1-3-7-13/h4-5,8-9,13,16,20H,1-3,6-7,10-12,18H2. The number of hydrogen-bond donors (Lipinski definition) is 2. The first-order valence-corrected chi connectivity index (χ1v) is 7.59. The van der Waals surface area contributed by atoms with E-state index in [1.807, 2.05) is 6.07 Å². The van der Waals surface area contributed by atoms with Crippen molar-refractivity contribution in [1.82, 2.24) is 4.90 Å². The largest absolute Gasteiger partial charge is 0.395 e. The Balaban J connectivity index is 2.22. The van der Waals surface area contributed by atoms with Crippen molar-refractivity contribution >= 4 is 0 Å². The fourth-order valence-electron chi connectivity index (χ4n) is 3.31. The minimum Gasteiger partial charge on any atom is -0.395 e. The first-order chi connectivity index (χ1) is 9.77. The van der Waals surface area contributed by atoms with Crippen molar-refractivity contribution in [2.75, 3.05) is 19.7 Å². The third-order valence-corrected chi connectivity index (χ3v) is 4.29. The van der Waals surface area contributed by atoms with Gasteiger partial charge in [0.25, 0.3) is 0 Å². The first-order valence-electron chi connectivity index (χ1n) is 7.59. The van der Waals surface area contributed by atoms with E-state index in [1.54, 1.807) is 12.1 Å². The maximum atomic E-state index is 14.0. The van der Waals surface area contributed by atoms with E-state index in [9.17, 15) is 9.50 Å². The van der Waals surface area contributed by atoms with Crippen LogP contribution in [-0.2, 0) is 0 Å². The number of rotatable bonds is 6. The Morgan fingerprint density at radius 3 is 2.55 bits per heavy atom. The van der Waals surface area contributed by atoms with Gasteiger partial charge < -0.3 is 10.8 Å². The number of nitrogens with two attached hydrogens (primary N) is 1. The summed E-state index contributed by atoms with van der Waals surface area (Å²) in [7, 11) is 0. The molecule has 1 aromatic rings. The molecule has 0 spiro atoms. The van der Waals surface area contributed by atoms with Gasteiger partial charge in [-0.2, -0.15) is 0 Å². The highest BCUT2D eigenvalue weighted by atomic mass is 19.1. The Kier molecular flexibility index (Phi) is 5.95. The summed E-state index contributed by atoms with van der Waals surface area (Å²) >= 11 is 0. The number of benzene rings is 1. The summed E-state index contributed by atoms with van der Waals surface area (Å²) < 4.78 is 14.0. The van der Waals surface area contributed by atoms with Gasteiger partial charge in [0.15, 0.2) is 0 Å². The highest BCUT2D eigenvalue weighted by Gasteiger charge is 2.28. The molecule has 1 aliphatic rings. The van der Waals surface area contributed by atoms with Gasteiger partial charge in [-0.05, 0) is 18.9 Å². The molecule has 4 heteroatoms. The van der Waals surface area contributed by atoms with Crippen LogP contribution in [0, 0.1) is 5.82 Å². The molecule has 1 fully saturated rings. The van der Waals surface area contributed by atoms with E-state index in [2.05, 4.69) is 4.90 Å². The van der Waals surface area contributed by atoms with Crippen molar-refractivity contribution in [1.29, 1.82) is 0 Å². The highest BCUT2D eigenvalue weighted by Crippen LogP contribution is 2.30. The lowest BCUT2D eigenvalue weighted by Gasteiger charge is -2.39. The van der Waals surface area contributed by atoms with Crippen LogP contribution < -0.4 is 5.73 Å². The first kappa shape index (κ1) is 15.4. The molecule has 1 atom stereocenters. The Morgan fingerprint density at radius 1 is 1.25 bits per heavy atom. The predicted molar refractivity (Wildman–Crippen MR) is 78.9 cm³/mol. The van der Waals surface area contributed by atoms with Crippen molar-refractivity contribution in [2.24, 2.45) is 5.73 Å². The van der Waals surface area contributed by atoms with Crippen LogP contribution in [0.4, 0.5) is 4.39 Å². The van der Waals surface area contributed by atoms with E-state index >= 15 is 0 Å². The Labute approximate surface area is 120 Å². The second kappa shape index (κ2) is 7.72. The summed E-state index contributed by atoms with van der Waals surface area (Å²) in [6.07, 6.45) is 5.93. The molecule has 0 heterocycles. The van der Waals surface area contributed by atoms with Crippen molar-refractivity contribution in [2.45, 2.75) is 44.2 Å². The van der Waals surface area contributed by atoms with Gasteiger partial charge in [-0.3, -0.25) is 4.90 Å². The van der Waals surface area contributed by atoms with Crippen LogP contribution in [0.15, 0.2) is 24.3 Å². The Bertz CT molecular complexity index is 407. The van der Waals surface area contributed by atoms with E-state index < -0.39 is 0 Å². The number of nitrogens with zero attached hydrogens (tertiary/aromatic N) is 1. The molecule has 0 saturated heterocycles. The van der Waals surface area contributed by atoms with Gasteiger partial charge >= 0.3 is 0 Å². The van der Waals surface area contributed by atoms with Crippen molar-refractivity contribution in [3.63, 3.8) is 0 Å². The van der Waals surface area contributed by atoms with E-state index in [1.165, 1.54) is 25.3 Å². The molecule has 0 radical (unpaired) electrons. The van der Waals surface area contributed by atoms with Crippen molar-refractivity contribution in [3.05, 3.63) is 35.6 Å². The van der Waals surface area contributed by atoms with Gasteiger partial charge in [0.1, 0.15) is 5.82 Å². The van der Waals surface area contributed by atoms with Crippen molar-refractivity contribution in [3.8, 4) is 0 Å². The maximum Gasteiger partial charge on any atom is 0.128 e. The normalized spacial score (nSPS) is 18.4. The van der Waals surface area contributed by atoms with E-state index in [-0.39, 0.29) is 18.5 Å². The summed E-state index contributed by atoms with van der Waals surface area (Å²) in [6.45, 7) is 1.01. The fourth-order valence-corrected chi connectivity index (χ4v) is 3.31. The molecular formula is C16H25FN2O. The number of halogens is 1.